The fraction of sp³-hybridized carbons (Fsp3) is 0.500. The molecule has 0 aliphatic carbocycles. The van der Waals surface area contributed by atoms with E-state index in [-0.39, 0.29) is 0 Å². The number of hydrogen-bond donors (Lipinski definition) is 1. The van der Waals surface area contributed by atoms with Gasteiger partial charge >= 0.3 is 0 Å². The normalized spacial score (nSPS) is 22.9. The van der Waals surface area contributed by atoms with E-state index in [1.54, 1.807) is 0 Å². The van der Waals surface area contributed by atoms with Crippen molar-refractivity contribution < 1.29 is 4.52 Å². The topological polar surface area (TPSA) is 51.0 Å². The average Bonchev–Trinajstić information content (AvgIpc) is 2.97. The number of nitrogens with zero attached hydrogens (tertiary/aromatic N) is 2. The second kappa shape index (κ2) is 5.75. The highest BCUT2D eigenvalue weighted by atomic mass is 16.5. The van der Waals surface area contributed by atoms with Crippen molar-refractivity contribution in [2.45, 2.75) is 45.1 Å². The summed E-state index contributed by atoms with van der Waals surface area (Å²) < 4.78 is 5.47. The molecular formula is C16H21N3O. The summed E-state index contributed by atoms with van der Waals surface area (Å²) >= 11 is 0. The van der Waals surface area contributed by atoms with E-state index < -0.39 is 0 Å². The number of hydrogen-bond acceptors (Lipinski definition) is 4. The molecule has 0 spiro atoms. The lowest BCUT2D eigenvalue weighted by Crippen LogP contribution is -2.34. The van der Waals surface area contributed by atoms with Crippen LogP contribution in [0.15, 0.2) is 28.8 Å². The smallest absolute Gasteiger partial charge is 0.230 e. The fourth-order valence-corrected chi connectivity index (χ4v) is 2.76. The summed E-state index contributed by atoms with van der Waals surface area (Å²) in [5.74, 6) is 1.88. The first kappa shape index (κ1) is 13.3. The number of aryl methyl sites for hydroxylation is 1. The van der Waals surface area contributed by atoms with Gasteiger partial charge in [-0.05, 0) is 38.3 Å². The molecule has 20 heavy (non-hydrogen) atoms. The zero-order valence-electron chi connectivity index (χ0n) is 12.1. The van der Waals surface area contributed by atoms with E-state index in [0.717, 1.165) is 37.3 Å². The summed E-state index contributed by atoms with van der Waals surface area (Å²) in [7, 11) is 0. The number of rotatable bonds is 3. The van der Waals surface area contributed by atoms with Crippen LogP contribution >= 0.6 is 0 Å². The van der Waals surface area contributed by atoms with Gasteiger partial charge in [-0.15, -0.1) is 0 Å². The maximum atomic E-state index is 5.47. The third-order valence-electron chi connectivity index (χ3n) is 4.04. The molecule has 1 saturated heterocycles. The first-order chi connectivity index (χ1) is 9.76. The van der Waals surface area contributed by atoms with Gasteiger partial charge in [-0.2, -0.15) is 4.98 Å². The van der Waals surface area contributed by atoms with Crippen molar-refractivity contribution in [3.63, 3.8) is 0 Å². The van der Waals surface area contributed by atoms with Gasteiger partial charge in [0.15, 0.2) is 0 Å². The van der Waals surface area contributed by atoms with E-state index in [1.807, 2.05) is 0 Å². The quantitative estimate of drug-likeness (QED) is 0.931. The van der Waals surface area contributed by atoms with Crippen LogP contribution in [0, 0.1) is 0 Å². The molecule has 1 N–H and O–H groups in total. The Hall–Kier alpha value is -1.68. The van der Waals surface area contributed by atoms with Gasteiger partial charge in [-0.25, -0.2) is 0 Å². The lowest BCUT2D eigenvalue weighted by molar-refractivity contribution is 0.295. The van der Waals surface area contributed by atoms with Crippen molar-refractivity contribution in [3.8, 4) is 11.4 Å². The highest BCUT2D eigenvalue weighted by Gasteiger charge is 2.25. The van der Waals surface area contributed by atoms with Crippen molar-refractivity contribution in [1.29, 1.82) is 0 Å². The minimum Gasteiger partial charge on any atom is -0.339 e. The van der Waals surface area contributed by atoms with Crippen LogP contribution in [0.3, 0.4) is 0 Å². The highest BCUT2D eigenvalue weighted by molar-refractivity contribution is 5.54. The predicted molar refractivity (Wildman–Crippen MR) is 78.6 cm³/mol. The Labute approximate surface area is 119 Å². The summed E-state index contributed by atoms with van der Waals surface area (Å²) in [5, 5.41) is 7.58. The Morgan fingerprint density at radius 2 is 2.10 bits per heavy atom. The van der Waals surface area contributed by atoms with Crippen molar-refractivity contribution in [2.75, 3.05) is 6.54 Å². The van der Waals surface area contributed by atoms with Crippen LogP contribution in [-0.4, -0.2) is 22.7 Å². The Kier molecular flexibility index (Phi) is 3.83. The van der Waals surface area contributed by atoms with E-state index in [4.69, 9.17) is 4.52 Å². The lowest BCUT2D eigenvalue weighted by atomic mass is 9.93. The largest absolute Gasteiger partial charge is 0.339 e. The molecule has 0 unspecified atom stereocenters. The highest BCUT2D eigenvalue weighted by Crippen LogP contribution is 2.28. The molecule has 1 aliphatic heterocycles. The van der Waals surface area contributed by atoms with Gasteiger partial charge in [-0.3, -0.25) is 0 Å². The van der Waals surface area contributed by atoms with E-state index >= 15 is 0 Å². The van der Waals surface area contributed by atoms with Gasteiger partial charge in [0.1, 0.15) is 0 Å². The molecule has 1 fully saturated rings. The SMILES string of the molecule is CCc1ccc(-c2noc([C@H]3CCN[C@@H](C)C3)n2)cc1. The van der Waals surface area contributed by atoms with E-state index in [9.17, 15) is 0 Å². The number of piperidine rings is 1. The number of nitrogens with one attached hydrogen (secondary N) is 1. The van der Waals surface area contributed by atoms with E-state index in [1.165, 1.54) is 5.56 Å². The first-order valence-electron chi connectivity index (χ1n) is 7.42. The molecule has 1 aromatic carbocycles. The fourth-order valence-electron chi connectivity index (χ4n) is 2.76. The Morgan fingerprint density at radius 3 is 2.80 bits per heavy atom. The zero-order chi connectivity index (χ0) is 13.9. The summed E-state index contributed by atoms with van der Waals surface area (Å²) in [6.45, 7) is 5.38. The van der Waals surface area contributed by atoms with Crippen LogP contribution in [0.5, 0.6) is 0 Å². The maximum absolute atomic E-state index is 5.47. The van der Waals surface area contributed by atoms with Crippen LogP contribution in [-0.2, 0) is 6.42 Å². The summed E-state index contributed by atoms with van der Waals surface area (Å²) in [5.41, 5.74) is 2.35. The molecule has 4 nitrogen and oxygen atoms in total. The van der Waals surface area contributed by atoms with Gasteiger partial charge in [0, 0.05) is 17.5 Å². The third-order valence-corrected chi connectivity index (χ3v) is 4.04. The molecule has 0 radical (unpaired) electrons. The Bertz CT molecular complexity index is 561. The van der Waals surface area contributed by atoms with Crippen LogP contribution in [0.4, 0.5) is 0 Å². The zero-order valence-corrected chi connectivity index (χ0v) is 12.1. The molecule has 1 aliphatic rings. The molecule has 0 bridgehead atoms. The van der Waals surface area contributed by atoms with Gasteiger partial charge in [0.2, 0.25) is 11.7 Å². The van der Waals surface area contributed by atoms with E-state index in [2.05, 4.69) is 53.6 Å². The minimum atomic E-state index is 0.391. The van der Waals surface area contributed by atoms with Gasteiger partial charge in [0.25, 0.3) is 0 Å². The molecule has 1 aromatic heterocycles. The third kappa shape index (κ3) is 2.75. The maximum Gasteiger partial charge on any atom is 0.230 e. The minimum absolute atomic E-state index is 0.391. The molecule has 0 saturated carbocycles. The molecular weight excluding hydrogens is 250 g/mol. The molecule has 3 rings (SSSR count). The Morgan fingerprint density at radius 1 is 1.30 bits per heavy atom. The molecule has 2 atom stereocenters. The number of aromatic nitrogens is 2. The van der Waals surface area contributed by atoms with Gasteiger partial charge in [0.05, 0.1) is 0 Å². The monoisotopic (exact) mass is 271 g/mol. The predicted octanol–water partition coefficient (Wildman–Crippen LogP) is 3.15. The van der Waals surface area contributed by atoms with Crippen LogP contribution in [0.25, 0.3) is 11.4 Å². The second-order valence-electron chi connectivity index (χ2n) is 5.58. The van der Waals surface area contributed by atoms with Crippen molar-refractivity contribution >= 4 is 0 Å². The van der Waals surface area contributed by atoms with Crippen molar-refractivity contribution in [2.24, 2.45) is 0 Å². The standard InChI is InChI=1S/C16H21N3O/c1-3-12-4-6-13(7-5-12)15-18-16(20-19-15)14-8-9-17-11(2)10-14/h4-7,11,14,17H,3,8-10H2,1-2H3/t11-,14-/m0/s1. The average molecular weight is 271 g/mol. The van der Waals surface area contributed by atoms with Crippen molar-refractivity contribution in [1.82, 2.24) is 15.5 Å². The summed E-state index contributed by atoms with van der Waals surface area (Å²) in [6.07, 6.45) is 3.18. The van der Waals surface area contributed by atoms with Gasteiger partial charge < -0.3 is 9.84 Å². The van der Waals surface area contributed by atoms with Crippen LogP contribution in [0.2, 0.25) is 0 Å². The second-order valence-corrected chi connectivity index (χ2v) is 5.58. The molecule has 2 heterocycles. The molecule has 2 aromatic rings. The Balaban J connectivity index is 1.78. The first-order valence-corrected chi connectivity index (χ1v) is 7.42. The van der Waals surface area contributed by atoms with Crippen LogP contribution in [0.1, 0.15) is 44.1 Å². The van der Waals surface area contributed by atoms with Gasteiger partial charge in [-0.1, -0.05) is 36.3 Å². The summed E-state index contributed by atoms with van der Waals surface area (Å²) in [6, 6.07) is 8.90. The van der Waals surface area contributed by atoms with E-state index in [0.29, 0.717) is 17.8 Å². The lowest BCUT2D eigenvalue weighted by Gasteiger charge is -2.25. The molecule has 0 amide bonds. The molecule has 4 heteroatoms. The van der Waals surface area contributed by atoms with Crippen LogP contribution < -0.4 is 5.32 Å². The summed E-state index contributed by atoms with van der Waals surface area (Å²) in [4.78, 5) is 4.59. The molecule has 106 valence electrons. The van der Waals surface area contributed by atoms with Crippen molar-refractivity contribution in [3.05, 3.63) is 35.7 Å². The number of benzene rings is 1.